The third-order valence-electron chi connectivity index (χ3n) is 2.97. The summed E-state index contributed by atoms with van der Waals surface area (Å²) in [5, 5.41) is 2.44. The van der Waals surface area contributed by atoms with Crippen LogP contribution in [0.1, 0.15) is 22.8 Å². The lowest BCUT2D eigenvalue weighted by atomic mass is 10.1. The summed E-state index contributed by atoms with van der Waals surface area (Å²) >= 11 is 0. The SMILES string of the molecule is CCc1ccc(NC(=O)c2c(F)ccc(N)c2F)cc1. The van der Waals surface area contributed by atoms with Crippen LogP contribution in [0, 0.1) is 11.6 Å². The number of rotatable bonds is 3. The molecule has 5 heteroatoms. The number of amides is 1. The predicted molar refractivity (Wildman–Crippen MR) is 74.5 cm³/mol. The van der Waals surface area contributed by atoms with Gasteiger partial charge in [0.15, 0.2) is 5.82 Å². The lowest BCUT2D eigenvalue weighted by Crippen LogP contribution is -2.16. The first-order chi connectivity index (χ1) is 9.52. The summed E-state index contributed by atoms with van der Waals surface area (Å²) in [4.78, 5) is 11.9. The number of benzene rings is 2. The number of hydrogen-bond acceptors (Lipinski definition) is 2. The minimum Gasteiger partial charge on any atom is -0.396 e. The van der Waals surface area contributed by atoms with Crippen LogP contribution in [-0.4, -0.2) is 5.91 Å². The smallest absolute Gasteiger partial charge is 0.261 e. The van der Waals surface area contributed by atoms with Crippen LogP contribution in [0.3, 0.4) is 0 Å². The van der Waals surface area contributed by atoms with E-state index in [1.54, 1.807) is 12.1 Å². The van der Waals surface area contributed by atoms with Gasteiger partial charge in [-0.05, 0) is 36.2 Å². The van der Waals surface area contributed by atoms with Crippen molar-refractivity contribution in [2.24, 2.45) is 0 Å². The second kappa shape index (κ2) is 5.69. The van der Waals surface area contributed by atoms with Gasteiger partial charge in [0.05, 0.1) is 5.69 Å². The van der Waals surface area contributed by atoms with Gasteiger partial charge in [-0.3, -0.25) is 4.79 Å². The third kappa shape index (κ3) is 2.77. The predicted octanol–water partition coefficient (Wildman–Crippen LogP) is 3.36. The van der Waals surface area contributed by atoms with Crippen LogP contribution in [0.2, 0.25) is 0 Å². The van der Waals surface area contributed by atoms with E-state index in [2.05, 4.69) is 5.32 Å². The lowest BCUT2D eigenvalue weighted by molar-refractivity contribution is 0.101. The summed E-state index contributed by atoms with van der Waals surface area (Å²) in [7, 11) is 0. The number of aryl methyl sites for hydroxylation is 1. The molecule has 0 aliphatic rings. The average molecular weight is 276 g/mol. The van der Waals surface area contributed by atoms with Gasteiger partial charge in [-0.1, -0.05) is 19.1 Å². The Morgan fingerprint density at radius 3 is 2.40 bits per heavy atom. The topological polar surface area (TPSA) is 55.1 Å². The van der Waals surface area contributed by atoms with Gasteiger partial charge in [0, 0.05) is 5.69 Å². The second-order valence-electron chi connectivity index (χ2n) is 4.33. The van der Waals surface area contributed by atoms with Gasteiger partial charge >= 0.3 is 0 Å². The number of nitrogen functional groups attached to an aromatic ring is 1. The third-order valence-corrected chi connectivity index (χ3v) is 2.97. The zero-order valence-electron chi connectivity index (χ0n) is 10.9. The van der Waals surface area contributed by atoms with Crippen LogP contribution in [-0.2, 0) is 6.42 Å². The Balaban J connectivity index is 2.26. The summed E-state index contributed by atoms with van der Waals surface area (Å²) < 4.78 is 27.3. The standard InChI is InChI=1S/C15H14F2N2O/c1-2-9-3-5-10(6-4-9)19-15(20)13-11(16)7-8-12(18)14(13)17/h3-8H,2,18H2,1H3,(H,19,20). The molecule has 0 aliphatic carbocycles. The molecule has 0 radical (unpaired) electrons. The van der Waals surface area contributed by atoms with Crippen molar-refractivity contribution in [3.8, 4) is 0 Å². The fourth-order valence-corrected chi connectivity index (χ4v) is 1.79. The van der Waals surface area contributed by atoms with Crippen LogP contribution in [0.15, 0.2) is 36.4 Å². The zero-order chi connectivity index (χ0) is 14.7. The fourth-order valence-electron chi connectivity index (χ4n) is 1.79. The van der Waals surface area contributed by atoms with Gasteiger partial charge in [-0.25, -0.2) is 8.78 Å². The number of nitrogens with one attached hydrogen (secondary N) is 1. The van der Waals surface area contributed by atoms with Crippen molar-refractivity contribution in [3.63, 3.8) is 0 Å². The first-order valence-corrected chi connectivity index (χ1v) is 6.16. The molecule has 2 aromatic carbocycles. The summed E-state index contributed by atoms with van der Waals surface area (Å²) in [6.07, 6.45) is 0.868. The van der Waals surface area contributed by atoms with Crippen molar-refractivity contribution in [2.75, 3.05) is 11.1 Å². The molecule has 0 aliphatic heterocycles. The molecule has 0 atom stereocenters. The largest absolute Gasteiger partial charge is 0.396 e. The van der Waals surface area contributed by atoms with Gasteiger partial charge in [0.25, 0.3) is 5.91 Å². The second-order valence-corrected chi connectivity index (χ2v) is 4.33. The fraction of sp³-hybridized carbons (Fsp3) is 0.133. The average Bonchev–Trinajstić information content (AvgIpc) is 2.44. The highest BCUT2D eigenvalue weighted by Crippen LogP contribution is 2.20. The quantitative estimate of drug-likeness (QED) is 0.844. The van der Waals surface area contributed by atoms with Gasteiger partial charge in [0.1, 0.15) is 11.4 Å². The summed E-state index contributed by atoms with van der Waals surface area (Å²) in [5.74, 6) is -2.86. The Bertz CT molecular complexity index is 639. The maximum Gasteiger partial charge on any atom is 0.261 e. The molecule has 0 fully saturated rings. The Kier molecular flexibility index (Phi) is 3.98. The molecule has 0 spiro atoms. The molecule has 0 aromatic heterocycles. The van der Waals surface area contributed by atoms with Crippen molar-refractivity contribution < 1.29 is 13.6 Å². The molecule has 104 valence electrons. The van der Waals surface area contributed by atoms with Crippen molar-refractivity contribution in [3.05, 3.63) is 59.2 Å². The number of carbonyl (C=O) groups is 1. The molecular weight excluding hydrogens is 262 g/mol. The molecular formula is C15H14F2N2O. The maximum absolute atomic E-state index is 13.7. The lowest BCUT2D eigenvalue weighted by Gasteiger charge is -2.09. The van der Waals surface area contributed by atoms with E-state index in [0.717, 1.165) is 24.1 Å². The normalized spacial score (nSPS) is 10.3. The molecule has 3 nitrogen and oxygen atoms in total. The number of nitrogens with two attached hydrogens (primary N) is 1. The van der Waals surface area contributed by atoms with E-state index in [9.17, 15) is 13.6 Å². The maximum atomic E-state index is 13.7. The Morgan fingerprint density at radius 1 is 1.15 bits per heavy atom. The molecule has 2 aromatic rings. The first kappa shape index (κ1) is 14.0. The van der Waals surface area contributed by atoms with E-state index in [1.807, 2.05) is 19.1 Å². The highest BCUT2D eigenvalue weighted by molar-refractivity contribution is 6.05. The van der Waals surface area contributed by atoms with E-state index in [4.69, 9.17) is 5.73 Å². The molecule has 0 saturated heterocycles. The molecule has 2 rings (SSSR count). The van der Waals surface area contributed by atoms with Crippen LogP contribution in [0.4, 0.5) is 20.2 Å². The molecule has 0 saturated carbocycles. The number of carbonyl (C=O) groups excluding carboxylic acids is 1. The summed E-state index contributed by atoms with van der Waals surface area (Å²) in [6, 6.07) is 9.08. The highest BCUT2D eigenvalue weighted by atomic mass is 19.1. The van der Waals surface area contributed by atoms with Crippen molar-refractivity contribution in [1.29, 1.82) is 0 Å². The van der Waals surface area contributed by atoms with Crippen LogP contribution >= 0.6 is 0 Å². The molecule has 0 bridgehead atoms. The number of halogens is 2. The molecule has 3 N–H and O–H groups in total. The highest BCUT2D eigenvalue weighted by Gasteiger charge is 2.19. The van der Waals surface area contributed by atoms with Crippen LogP contribution in [0.25, 0.3) is 0 Å². The van der Waals surface area contributed by atoms with Gasteiger partial charge < -0.3 is 11.1 Å². The van der Waals surface area contributed by atoms with Gasteiger partial charge in [-0.2, -0.15) is 0 Å². The Morgan fingerprint density at radius 2 is 1.80 bits per heavy atom. The van der Waals surface area contributed by atoms with Gasteiger partial charge in [0.2, 0.25) is 0 Å². The van der Waals surface area contributed by atoms with E-state index in [-0.39, 0.29) is 5.69 Å². The molecule has 0 heterocycles. The minimum atomic E-state index is -1.05. The van der Waals surface area contributed by atoms with Crippen LogP contribution in [0.5, 0.6) is 0 Å². The first-order valence-electron chi connectivity index (χ1n) is 6.16. The van der Waals surface area contributed by atoms with Crippen molar-refractivity contribution in [1.82, 2.24) is 0 Å². The van der Waals surface area contributed by atoms with Gasteiger partial charge in [-0.15, -0.1) is 0 Å². The zero-order valence-corrected chi connectivity index (χ0v) is 10.9. The summed E-state index contributed by atoms with van der Waals surface area (Å²) in [5.41, 5.74) is 5.96. The summed E-state index contributed by atoms with van der Waals surface area (Å²) in [6.45, 7) is 2.01. The monoisotopic (exact) mass is 276 g/mol. The van der Waals surface area contributed by atoms with Crippen molar-refractivity contribution in [2.45, 2.75) is 13.3 Å². The van der Waals surface area contributed by atoms with Crippen molar-refractivity contribution >= 4 is 17.3 Å². The minimum absolute atomic E-state index is 0.266. The van der Waals surface area contributed by atoms with E-state index in [1.165, 1.54) is 0 Å². The van der Waals surface area contributed by atoms with Crippen LogP contribution < -0.4 is 11.1 Å². The van der Waals surface area contributed by atoms with E-state index in [0.29, 0.717) is 5.69 Å². The molecule has 20 heavy (non-hydrogen) atoms. The Labute approximate surface area is 115 Å². The Hall–Kier alpha value is -2.43. The van der Waals surface area contributed by atoms with E-state index < -0.39 is 23.1 Å². The molecule has 0 unspecified atom stereocenters. The van der Waals surface area contributed by atoms with E-state index >= 15 is 0 Å². The number of anilines is 2. The molecule has 1 amide bonds. The number of hydrogen-bond donors (Lipinski definition) is 2.